The molecule has 0 aliphatic carbocycles. The van der Waals surface area contributed by atoms with Crippen LogP contribution in [0.2, 0.25) is 0 Å². The second-order valence-electron chi connectivity index (χ2n) is 3.49. The molecular formula is C11H18N2. The molecule has 1 aromatic heterocycles. The first-order chi connectivity index (χ1) is 6.24. The van der Waals surface area contributed by atoms with Crippen molar-refractivity contribution in [1.82, 2.24) is 9.88 Å². The molecule has 0 saturated heterocycles. The smallest absolute Gasteiger partial charge is 0.0543 e. The number of aromatic nitrogens is 1. The predicted octanol–water partition coefficient (Wildman–Crippen LogP) is 2.31. The Balaban J connectivity index is 2.50. The molecule has 13 heavy (non-hydrogen) atoms. The standard InChI is InChI=1S/C11H18N2/c1-4-10(2)13(3)9-11-7-5-6-8-12-11/h5-8,10H,4,9H2,1-3H3/t10-/m0/s1. The normalized spacial score (nSPS) is 13.2. The van der Waals surface area contributed by atoms with Crippen LogP contribution in [0.5, 0.6) is 0 Å². The third kappa shape index (κ3) is 3.15. The molecule has 0 spiro atoms. The van der Waals surface area contributed by atoms with Crippen molar-refractivity contribution < 1.29 is 0 Å². The van der Waals surface area contributed by atoms with Gasteiger partial charge in [0.25, 0.3) is 0 Å². The Labute approximate surface area is 80.6 Å². The molecule has 0 aliphatic rings. The van der Waals surface area contributed by atoms with E-state index in [4.69, 9.17) is 0 Å². The van der Waals surface area contributed by atoms with Crippen LogP contribution >= 0.6 is 0 Å². The fraction of sp³-hybridized carbons (Fsp3) is 0.545. The van der Waals surface area contributed by atoms with Crippen LogP contribution < -0.4 is 0 Å². The summed E-state index contributed by atoms with van der Waals surface area (Å²) in [6.45, 7) is 5.39. The molecule has 1 aromatic rings. The third-order valence-electron chi connectivity index (χ3n) is 2.48. The maximum Gasteiger partial charge on any atom is 0.0543 e. The Bertz CT molecular complexity index is 233. The van der Waals surface area contributed by atoms with Gasteiger partial charge in [0, 0.05) is 18.8 Å². The van der Waals surface area contributed by atoms with E-state index in [0.717, 1.165) is 12.2 Å². The van der Waals surface area contributed by atoms with Crippen LogP contribution in [0.15, 0.2) is 24.4 Å². The lowest BCUT2D eigenvalue weighted by molar-refractivity contribution is 0.241. The van der Waals surface area contributed by atoms with Crippen LogP contribution in [-0.4, -0.2) is 23.0 Å². The molecule has 0 aliphatic heterocycles. The Morgan fingerprint density at radius 3 is 2.77 bits per heavy atom. The van der Waals surface area contributed by atoms with Crippen molar-refractivity contribution in [2.24, 2.45) is 0 Å². The first-order valence-electron chi connectivity index (χ1n) is 4.84. The number of hydrogen-bond acceptors (Lipinski definition) is 2. The van der Waals surface area contributed by atoms with E-state index < -0.39 is 0 Å². The van der Waals surface area contributed by atoms with Crippen LogP contribution in [0.3, 0.4) is 0 Å². The predicted molar refractivity (Wildman–Crippen MR) is 55.5 cm³/mol. The number of hydrogen-bond donors (Lipinski definition) is 0. The number of rotatable bonds is 4. The van der Waals surface area contributed by atoms with Gasteiger partial charge in [0.05, 0.1) is 5.69 Å². The molecule has 72 valence electrons. The Morgan fingerprint density at radius 1 is 1.46 bits per heavy atom. The highest BCUT2D eigenvalue weighted by atomic mass is 15.1. The second-order valence-corrected chi connectivity index (χ2v) is 3.49. The zero-order valence-corrected chi connectivity index (χ0v) is 8.70. The first-order valence-corrected chi connectivity index (χ1v) is 4.84. The molecule has 0 unspecified atom stereocenters. The molecule has 0 N–H and O–H groups in total. The van der Waals surface area contributed by atoms with E-state index in [1.165, 1.54) is 6.42 Å². The van der Waals surface area contributed by atoms with E-state index in [9.17, 15) is 0 Å². The van der Waals surface area contributed by atoms with E-state index in [0.29, 0.717) is 6.04 Å². The Morgan fingerprint density at radius 2 is 2.23 bits per heavy atom. The highest BCUT2D eigenvalue weighted by molar-refractivity contribution is 5.03. The molecular weight excluding hydrogens is 160 g/mol. The summed E-state index contributed by atoms with van der Waals surface area (Å²) < 4.78 is 0. The molecule has 1 rings (SSSR count). The van der Waals surface area contributed by atoms with Gasteiger partial charge in [-0.05, 0) is 32.5 Å². The fourth-order valence-corrected chi connectivity index (χ4v) is 1.21. The highest BCUT2D eigenvalue weighted by Crippen LogP contribution is 2.05. The van der Waals surface area contributed by atoms with Gasteiger partial charge >= 0.3 is 0 Å². The number of pyridine rings is 1. The van der Waals surface area contributed by atoms with Gasteiger partial charge < -0.3 is 0 Å². The molecule has 0 saturated carbocycles. The van der Waals surface area contributed by atoms with Crippen molar-refractivity contribution in [1.29, 1.82) is 0 Å². The molecule has 1 heterocycles. The average molecular weight is 178 g/mol. The lowest BCUT2D eigenvalue weighted by atomic mass is 10.2. The van der Waals surface area contributed by atoms with Gasteiger partial charge in [-0.25, -0.2) is 0 Å². The zero-order valence-electron chi connectivity index (χ0n) is 8.70. The summed E-state index contributed by atoms with van der Waals surface area (Å²) in [7, 11) is 2.14. The maximum atomic E-state index is 4.29. The molecule has 0 amide bonds. The molecule has 0 aromatic carbocycles. The van der Waals surface area contributed by atoms with Gasteiger partial charge in [-0.3, -0.25) is 9.88 Å². The van der Waals surface area contributed by atoms with Gasteiger partial charge in [-0.15, -0.1) is 0 Å². The third-order valence-corrected chi connectivity index (χ3v) is 2.48. The van der Waals surface area contributed by atoms with E-state index >= 15 is 0 Å². The molecule has 2 heteroatoms. The van der Waals surface area contributed by atoms with Gasteiger partial charge in [-0.2, -0.15) is 0 Å². The molecule has 0 fully saturated rings. The number of nitrogens with zero attached hydrogens (tertiary/aromatic N) is 2. The average Bonchev–Trinajstić information content (AvgIpc) is 2.18. The lowest BCUT2D eigenvalue weighted by Crippen LogP contribution is -2.28. The summed E-state index contributed by atoms with van der Waals surface area (Å²) in [5.41, 5.74) is 1.14. The Hall–Kier alpha value is -0.890. The Kier molecular flexibility index (Phi) is 3.90. The van der Waals surface area contributed by atoms with Gasteiger partial charge in [0.1, 0.15) is 0 Å². The highest BCUT2D eigenvalue weighted by Gasteiger charge is 2.06. The molecule has 2 nitrogen and oxygen atoms in total. The largest absolute Gasteiger partial charge is 0.298 e. The summed E-state index contributed by atoms with van der Waals surface area (Å²) in [6.07, 6.45) is 3.03. The van der Waals surface area contributed by atoms with E-state index in [1.54, 1.807) is 0 Å². The minimum atomic E-state index is 0.627. The monoisotopic (exact) mass is 178 g/mol. The summed E-state index contributed by atoms with van der Waals surface area (Å²) in [6, 6.07) is 6.68. The van der Waals surface area contributed by atoms with E-state index in [2.05, 4.69) is 36.8 Å². The van der Waals surface area contributed by atoms with Crippen LogP contribution in [0.25, 0.3) is 0 Å². The zero-order chi connectivity index (χ0) is 9.68. The van der Waals surface area contributed by atoms with E-state index in [-0.39, 0.29) is 0 Å². The van der Waals surface area contributed by atoms with Crippen LogP contribution in [0.4, 0.5) is 0 Å². The van der Waals surface area contributed by atoms with Crippen molar-refractivity contribution in [3.63, 3.8) is 0 Å². The van der Waals surface area contributed by atoms with Gasteiger partial charge in [0.15, 0.2) is 0 Å². The summed E-state index contributed by atoms with van der Waals surface area (Å²) in [5, 5.41) is 0. The van der Waals surface area contributed by atoms with Crippen molar-refractivity contribution in [3.05, 3.63) is 30.1 Å². The summed E-state index contributed by atoms with van der Waals surface area (Å²) in [4.78, 5) is 6.62. The van der Waals surface area contributed by atoms with E-state index in [1.807, 2.05) is 18.3 Å². The first kappa shape index (κ1) is 10.2. The van der Waals surface area contributed by atoms with Crippen molar-refractivity contribution in [3.8, 4) is 0 Å². The molecule has 0 bridgehead atoms. The SMILES string of the molecule is CC[C@H](C)N(C)Cc1ccccn1. The summed E-state index contributed by atoms with van der Waals surface area (Å²) >= 11 is 0. The molecule has 0 radical (unpaired) electrons. The second kappa shape index (κ2) is 4.97. The van der Waals surface area contributed by atoms with Crippen LogP contribution in [0, 0.1) is 0 Å². The minimum Gasteiger partial charge on any atom is -0.298 e. The van der Waals surface area contributed by atoms with Crippen LogP contribution in [-0.2, 0) is 6.54 Å². The fourth-order valence-electron chi connectivity index (χ4n) is 1.21. The van der Waals surface area contributed by atoms with Crippen molar-refractivity contribution >= 4 is 0 Å². The van der Waals surface area contributed by atoms with Crippen molar-refractivity contribution in [2.75, 3.05) is 7.05 Å². The minimum absolute atomic E-state index is 0.627. The van der Waals surface area contributed by atoms with Crippen molar-refractivity contribution in [2.45, 2.75) is 32.9 Å². The van der Waals surface area contributed by atoms with Gasteiger partial charge in [0.2, 0.25) is 0 Å². The molecule has 1 atom stereocenters. The van der Waals surface area contributed by atoms with Crippen LogP contribution in [0.1, 0.15) is 26.0 Å². The summed E-state index contributed by atoms with van der Waals surface area (Å²) in [5.74, 6) is 0. The maximum absolute atomic E-state index is 4.29. The topological polar surface area (TPSA) is 16.1 Å². The van der Waals surface area contributed by atoms with Gasteiger partial charge in [-0.1, -0.05) is 13.0 Å². The lowest BCUT2D eigenvalue weighted by Gasteiger charge is -2.22. The quantitative estimate of drug-likeness (QED) is 0.703.